The molecule has 7 nitrogen and oxygen atoms in total. The summed E-state index contributed by atoms with van der Waals surface area (Å²) in [4.78, 5) is 34.0. The number of rotatable bonds is 4. The summed E-state index contributed by atoms with van der Waals surface area (Å²) in [5, 5.41) is 13.3. The van der Waals surface area contributed by atoms with E-state index in [1.165, 1.54) is 6.07 Å². The van der Waals surface area contributed by atoms with Gasteiger partial charge in [-0.1, -0.05) is 11.6 Å². The van der Waals surface area contributed by atoms with Crippen LogP contribution < -0.4 is 5.32 Å². The minimum Gasteiger partial charge on any atom is -0.465 e. The Bertz CT molecular complexity index is 841. The van der Waals surface area contributed by atoms with Gasteiger partial charge < -0.3 is 10.1 Å². The number of benzene rings is 2. The Morgan fingerprint density at radius 1 is 1.21 bits per heavy atom. The Kier molecular flexibility index (Phi) is 5.10. The van der Waals surface area contributed by atoms with Crippen LogP contribution >= 0.6 is 11.6 Å². The molecule has 0 aliphatic rings. The number of nitrogens with zero attached hydrogens (tertiary/aromatic N) is 1. The molecule has 0 unspecified atom stereocenters. The molecule has 2 aromatic rings. The van der Waals surface area contributed by atoms with Crippen LogP contribution in [-0.4, -0.2) is 23.9 Å². The molecule has 0 radical (unpaired) electrons. The molecule has 124 valence electrons. The maximum absolute atomic E-state index is 13.0. The van der Waals surface area contributed by atoms with Gasteiger partial charge in [-0.3, -0.25) is 14.9 Å². The van der Waals surface area contributed by atoms with E-state index in [1.807, 2.05) is 0 Å². The van der Waals surface area contributed by atoms with Crippen molar-refractivity contribution < 1.29 is 23.6 Å². The maximum atomic E-state index is 13.0. The summed E-state index contributed by atoms with van der Waals surface area (Å²) in [6.07, 6.45) is 0. The summed E-state index contributed by atoms with van der Waals surface area (Å²) in [6.45, 7) is 0. The number of halogens is 2. The van der Waals surface area contributed by atoms with Crippen molar-refractivity contribution in [1.82, 2.24) is 0 Å². The number of ether oxygens (including phenoxy) is 1. The first-order valence-electron chi connectivity index (χ1n) is 6.46. The highest BCUT2D eigenvalue weighted by Crippen LogP contribution is 2.24. The number of nitro groups is 1. The fourth-order valence-electron chi connectivity index (χ4n) is 1.87. The molecule has 1 N–H and O–H groups in total. The molecule has 2 aromatic carbocycles. The lowest BCUT2D eigenvalue weighted by molar-refractivity contribution is -0.384. The molecule has 9 heteroatoms. The lowest BCUT2D eigenvalue weighted by Crippen LogP contribution is -2.14. The predicted molar refractivity (Wildman–Crippen MR) is 83.8 cm³/mol. The first-order valence-corrected chi connectivity index (χ1v) is 6.84. The second-order valence-electron chi connectivity index (χ2n) is 4.60. The van der Waals surface area contributed by atoms with Gasteiger partial charge >= 0.3 is 5.97 Å². The van der Waals surface area contributed by atoms with Crippen LogP contribution in [0.2, 0.25) is 5.02 Å². The van der Waals surface area contributed by atoms with E-state index < -0.39 is 28.3 Å². The molecule has 24 heavy (non-hydrogen) atoms. The van der Waals surface area contributed by atoms with Gasteiger partial charge in [0.15, 0.2) is 0 Å². The van der Waals surface area contributed by atoms with Crippen LogP contribution in [0, 0.1) is 15.9 Å². The average Bonchev–Trinajstić information content (AvgIpc) is 2.56. The molecule has 1 amide bonds. The van der Waals surface area contributed by atoms with E-state index in [4.69, 9.17) is 11.6 Å². The largest absolute Gasteiger partial charge is 0.465 e. The van der Waals surface area contributed by atoms with E-state index in [0.29, 0.717) is 0 Å². The number of non-ortho nitro benzene ring substituents is 1. The van der Waals surface area contributed by atoms with Crippen molar-refractivity contribution in [1.29, 1.82) is 0 Å². The first kappa shape index (κ1) is 17.4. The number of methoxy groups -OCH3 is 1. The van der Waals surface area contributed by atoms with E-state index in [1.54, 1.807) is 0 Å². The molecule has 0 saturated heterocycles. The first-order chi connectivity index (χ1) is 11.3. The molecular weight excluding hydrogens is 343 g/mol. The third kappa shape index (κ3) is 3.85. The van der Waals surface area contributed by atoms with Gasteiger partial charge in [0.1, 0.15) is 5.82 Å². The van der Waals surface area contributed by atoms with Crippen LogP contribution in [0.5, 0.6) is 0 Å². The zero-order chi connectivity index (χ0) is 17.9. The molecule has 0 aliphatic heterocycles. The normalized spacial score (nSPS) is 10.1. The zero-order valence-corrected chi connectivity index (χ0v) is 13.0. The fourth-order valence-corrected chi connectivity index (χ4v) is 2.08. The average molecular weight is 353 g/mol. The number of esters is 1. The predicted octanol–water partition coefficient (Wildman–Crippen LogP) is 3.43. The van der Waals surface area contributed by atoms with Gasteiger partial charge in [-0.2, -0.15) is 0 Å². The summed E-state index contributed by atoms with van der Waals surface area (Å²) in [5.41, 5.74) is -0.630. The van der Waals surface area contributed by atoms with Gasteiger partial charge in [-0.25, -0.2) is 9.18 Å². The highest BCUT2D eigenvalue weighted by atomic mass is 35.5. The smallest absolute Gasteiger partial charge is 0.338 e. The number of carbonyl (C=O) groups excluding carboxylic acids is 2. The Hall–Kier alpha value is -3.00. The number of amides is 1. The molecule has 0 saturated carbocycles. The van der Waals surface area contributed by atoms with E-state index in [2.05, 4.69) is 10.1 Å². The van der Waals surface area contributed by atoms with Gasteiger partial charge in [0.25, 0.3) is 11.6 Å². The Balaban J connectivity index is 2.39. The van der Waals surface area contributed by atoms with Crippen LogP contribution in [0.25, 0.3) is 0 Å². The monoisotopic (exact) mass is 352 g/mol. The lowest BCUT2D eigenvalue weighted by Gasteiger charge is -2.08. The van der Waals surface area contributed by atoms with E-state index >= 15 is 0 Å². The summed E-state index contributed by atoms with van der Waals surface area (Å²) < 4.78 is 17.5. The number of carbonyl (C=O) groups is 2. The van der Waals surface area contributed by atoms with Crippen molar-refractivity contribution in [2.45, 2.75) is 0 Å². The molecule has 0 fully saturated rings. The topological polar surface area (TPSA) is 98.5 Å². The summed E-state index contributed by atoms with van der Waals surface area (Å²) >= 11 is 5.81. The van der Waals surface area contributed by atoms with E-state index in [9.17, 15) is 24.1 Å². The van der Waals surface area contributed by atoms with E-state index in [-0.39, 0.29) is 21.8 Å². The van der Waals surface area contributed by atoms with Crippen molar-refractivity contribution in [3.63, 3.8) is 0 Å². The summed E-state index contributed by atoms with van der Waals surface area (Å²) in [6, 6.07) is 6.48. The van der Waals surface area contributed by atoms with Crippen LogP contribution in [0.4, 0.5) is 15.8 Å². The lowest BCUT2D eigenvalue weighted by atomic mass is 10.1. The minimum absolute atomic E-state index is 0.0398. The third-order valence-corrected chi connectivity index (χ3v) is 3.30. The highest BCUT2D eigenvalue weighted by molar-refractivity contribution is 6.33. The molecule has 0 atom stereocenters. The highest BCUT2D eigenvalue weighted by Gasteiger charge is 2.19. The molecular formula is C15H10ClFN2O5. The number of nitro benzene ring substituents is 1. The molecule has 0 aromatic heterocycles. The molecule has 0 aliphatic carbocycles. The Morgan fingerprint density at radius 3 is 2.46 bits per heavy atom. The van der Waals surface area contributed by atoms with Gasteiger partial charge in [-0.15, -0.1) is 0 Å². The SMILES string of the molecule is COC(=O)c1cc(C(=O)Nc2ccc(F)cc2Cl)cc([N+](=O)[O-])c1. The van der Waals surface area contributed by atoms with E-state index in [0.717, 1.165) is 37.4 Å². The van der Waals surface area contributed by atoms with Crippen molar-refractivity contribution >= 4 is 34.9 Å². The summed E-state index contributed by atoms with van der Waals surface area (Å²) in [5.74, 6) is -2.16. The van der Waals surface area contributed by atoms with Gasteiger partial charge in [-0.05, 0) is 24.3 Å². The van der Waals surface area contributed by atoms with Crippen LogP contribution in [-0.2, 0) is 4.74 Å². The number of nitrogens with one attached hydrogen (secondary N) is 1. The van der Waals surface area contributed by atoms with Crippen molar-refractivity contribution in [3.05, 3.63) is 68.5 Å². The Labute approximate surface area is 140 Å². The number of hydrogen-bond donors (Lipinski definition) is 1. The Morgan fingerprint density at radius 2 is 1.88 bits per heavy atom. The van der Waals surface area contributed by atoms with Gasteiger partial charge in [0.2, 0.25) is 0 Å². The van der Waals surface area contributed by atoms with Crippen LogP contribution in [0.1, 0.15) is 20.7 Å². The van der Waals surface area contributed by atoms with Crippen LogP contribution in [0.3, 0.4) is 0 Å². The number of hydrogen-bond acceptors (Lipinski definition) is 5. The maximum Gasteiger partial charge on any atom is 0.338 e. The third-order valence-electron chi connectivity index (χ3n) is 2.99. The second kappa shape index (κ2) is 7.05. The second-order valence-corrected chi connectivity index (χ2v) is 5.00. The zero-order valence-electron chi connectivity index (χ0n) is 12.2. The molecule has 0 heterocycles. The number of anilines is 1. The van der Waals surface area contributed by atoms with Crippen LogP contribution in [0.15, 0.2) is 36.4 Å². The minimum atomic E-state index is -0.826. The molecule has 0 spiro atoms. The van der Waals surface area contributed by atoms with Gasteiger partial charge in [0.05, 0.1) is 28.3 Å². The fraction of sp³-hybridized carbons (Fsp3) is 0.0667. The van der Waals surface area contributed by atoms with Crippen molar-refractivity contribution in [3.8, 4) is 0 Å². The quantitative estimate of drug-likeness (QED) is 0.516. The van der Waals surface area contributed by atoms with Gasteiger partial charge in [0, 0.05) is 17.7 Å². The standard InChI is InChI=1S/C15H10ClFN2O5/c1-24-15(21)9-4-8(5-11(6-9)19(22)23)14(20)18-13-3-2-10(17)7-12(13)16/h2-7H,1H3,(H,18,20). The van der Waals surface area contributed by atoms with Crippen molar-refractivity contribution in [2.24, 2.45) is 0 Å². The van der Waals surface area contributed by atoms with Crippen molar-refractivity contribution in [2.75, 3.05) is 12.4 Å². The molecule has 2 rings (SSSR count). The molecule has 0 bridgehead atoms. The summed E-state index contributed by atoms with van der Waals surface area (Å²) in [7, 11) is 1.11.